The van der Waals surface area contributed by atoms with Crippen LogP contribution in [0.15, 0.2) is 48.2 Å². The second kappa shape index (κ2) is 8.49. The molecule has 0 saturated carbocycles. The smallest absolute Gasteiger partial charge is 0.278 e. The number of nitrogens with zero attached hydrogens (tertiary/aromatic N) is 1. The normalized spacial score (nSPS) is 15.2. The molecule has 30 heavy (non-hydrogen) atoms. The first-order chi connectivity index (χ1) is 14.6. The molecule has 0 aliphatic carbocycles. The highest BCUT2D eigenvalue weighted by Gasteiger charge is 2.40. The molecule has 0 saturated heterocycles. The maximum atomic E-state index is 13.3. The van der Waals surface area contributed by atoms with Gasteiger partial charge in [-0.25, -0.2) is 0 Å². The van der Waals surface area contributed by atoms with Gasteiger partial charge in [0.2, 0.25) is 6.79 Å². The summed E-state index contributed by atoms with van der Waals surface area (Å²) >= 11 is 0. The van der Waals surface area contributed by atoms with Gasteiger partial charge >= 0.3 is 0 Å². The molecule has 4 rings (SSSR count). The minimum Gasteiger partial charge on any atom is -0.496 e. The highest BCUT2D eigenvalue weighted by molar-refractivity contribution is 6.37. The summed E-state index contributed by atoms with van der Waals surface area (Å²) in [4.78, 5) is 27.8. The molecule has 0 atom stereocenters. The van der Waals surface area contributed by atoms with Crippen molar-refractivity contribution in [2.45, 2.75) is 26.2 Å². The van der Waals surface area contributed by atoms with E-state index < -0.39 is 0 Å². The van der Waals surface area contributed by atoms with E-state index in [-0.39, 0.29) is 24.3 Å². The third-order valence-electron chi connectivity index (χ3n) is 5.17. The number of unbranched alkanes of at least 4 members (excludes halogenated alkanes) is 2. The van der Waals surface area contributed by atoms with Gasteiger partial charge in [0, 0.05) is 23.9 Å². The van der Waals surface area contributed by atoms with Crippen LogP contribution in [-0.2, 0) is 9.59 Å². The van der Waals surface area contributed by atoms with Crippen LogP contribution >= 0.6 is 0 Å². The number of benzene rings is 2. The quantitative estimate of drug-likeness (QED) is 0.529. The molecule has 0 bridgehead atoms. The fourth-order valence-electron chi connectivity index (χ4n) is 3.63. The van der Waals surface area contributed by atoms with Crippen molar-refractivity contribution in [3.05, 3.63) is 53.7 Å². The number of carbonyl (C=O) groups is 2. The van der Waals surface area contributed by atoms with Crippen molar-refractivity contribution in [3.8, 4) is 17.2 Å². The van der Waals surface area contributed by atoms with E-state index in [0.29, 0.717) is 40.6 Å². The summed E-state index contributed by atoms with van der Waals surface area (Å²) < 4.78 is 16.2. The first-order valence-corrected chi connectivity index (χ1v) is 10.0. The highest BCUT2D eigenvalue weighted by Crippen LogP contribution is 2.38. The first kappa shape index (κ1) is 19.8. The number of methoxy groups -OCH3 is 1. The molecule has 7 nitrogen and oxygen atoms in total. The summed E-state index contributed by atoms with van der Waals surface area (Å²) in [5.41, 5.74) is 1.77. The summed E-state index contributed by atoms with van der Waals surface area (Å²) in [6.45, 7) is 2.63. The van der Waals surface area contributed by atoms with Gasteiger partial charge < -0.3 is 19.5 Å². The second-order valence-corrected chi connectivity index (χ2v) is 7.11. The fraction of sp³-hybridized carbons (Fsp3) is 0.304. The molecule has 0 fully saturated rings. The molecular formula is C23H24N2O5. The molecule has 0 unspecified atom stereocenters. The number of amides is 2. The van der Waals surface area contributed by atoms with E-state index >= 15 is 0 Å². The van der Waals surface area contributed by atoms with E-state index in [1.165, 1.54) is 4.90 Å². The average Bonchev–Trinajstić information content (AvgIpc) is 3.32. The van der Waals surface area contributed by atoms with Crippen LogP contribution in [0, 0.1) is 0 Å². The van der Waals surface area contributed by atoms with Crippen LogP contribution in [0.2, 0.25) is 0 Å². The minimum absolute atomic E-state index is 0.163. The summed E-state index contributed by atoms with van der Waals surface area (Å²) in [6.07, 6.45) is 2.72. The maximum Gasteiger partial charge on any atom is 0.278 e. The Balaban J connectivity index is 1.73. The van der Waals surface area contributed by atoms with Crippen molar-refractivity contribution < 1.29 is 23.8 Å². The zero-order valence-electron chi connectivity index (χ0n) is 17.1. The van der Waals surface area contributed by atoms with Gasteiger partial charge in [0.15, 0.2) is 11.5 Å². The van der Waals surface area contributed by atoms with E-state index in [4.69, 9.17) is 14.2 Å². The van der Waals surface area contributed by atoms with Crippen molar-refractivity contribution in [3.63, 3.8) is 0 Å². The van der Waals surface area contributed by atoms with Crippen molar-refractivity contribution in [2.24, 2.45) is 0 Å². The Morgan fingerprint density at radius 3 is 2.63 bits per heavy atom. The first-order valence-electron chi connectivity index (χ1n) is 10.0. The monoisotopic (exact) mass is 408 g/mol. The van der Waals surface area contributed by atoms with Crippen LogP contribution in [0.1, 0.15) is 31.7 Å². The molecule has 156 valence electrons. The summed E-state index contributed by atoms with van der Waals surface area (Å²) in [6, 6.07) is 12.5. The number of para-hydroxylation sites is 1. The van der Waals surface area contributed by atoms with Gasteiger partial charge in [-0.3, -0.25) is 14.5 Å². The lowest BCUT2D eigenvalue weighted by Crippen LogP contribution is -2.33. The van der Waals surface area contributed by atoms with Crippen molar-refractivity contribution in [2.75, 3.05) is 25.8 Å². The predicted molar refractivity (Wildman–Crippen MR) is 112 cm³/mol. The summed E-state index contributed by atoms with van der Waals surface area (Å²) in [5, 5.41) is 3.15. The summed E-state index contributed by atoms with van der Waals surface area (Å²) in [7, 11) is 1.55. The van der Waals surface area contributed by atoms with Gasteiger partial charge in [-0.2, -0.15) is 0 Å². The van der Waals surface area contributed by atoms with Gasteiger partial charge in [-0.15, -0.1) is 0 Å². The van der Waals surface area contributed by atoms with E-state index in [0.717, 1.165) is 19.3 Å². The van der Waals surface area contributed by atoms with Crippen LogP contribution < -0.4 is 19.5 Å². The topological polar surface area (TPSA) is 77.1 Å². The van der Waals surface area contributed by atoms with Gasteiger partial charge in [0.05, 0.1) is 12.7 Å². The maximum absolute atomic E-state index is 13.3. The van der Waals surface area contributed by atoms with E-state index in [2.05, 4.69) is 12.2 Å². The Morgan fingerprint density at radius 1 is 1.03 bits per heavy atom. The average molecular weight is 408 g/mol. The van der Waals surface area contributed by atoms with Crippen molar-refractivity contribution in [1.82, 2.24) is 4.90 Å². The highest BCUT2D eigenvalue weighted by atomic mass is 16.7. The molecule has 2 aromatic rings. The Labute approximate surface area is 175 Å². The Morgan fingerprint density at radius 2 is 1.83 bits per heavy atom. The van der Waals surface area contributed by atoms with E-state index in [1.54, 1.807) is 37.4 Å². The lowest BCUT2D eigenvalue weighted by molar-refractivity contribution is -0.136. The van der Waals surface area contributed by atoms with Gasteiger partial charge in [0.25, 0.3) is 11.8 Å². The zero-order valence-corrected chi connectivity index (χ0v) is 17.1. The third-order valence-corrected chi connectivity index (χ3v) is 5.17. The van der Waals surface area contributed by atoms with Crippen LogP contribution in [0.3, 0.4) is 0 Å². The Bertz CT molecular complexity index is 1010. The molecule has 2 aromatic carbocycles. The van der Waals surface area contributed by atoms with Crippen LogP contribution in [-0.4, -0.2) is 37.2 Å². The van der Waals surface area contributed by atoms with Crippen molar-refractivity contribution >= 4 is 23.1 Å². The number of carbonyl (C=O) groups excluding carboxylic acids is 2. The standard InChI is InChI=1S/C23H24N2O5/c1-3-4-7-12-25-22(26)20(16-8-5-6-9-17(16)28-2)21(23(25)27)24-15-10-11-18-19(13-15)30-14-29-18/h5-6,8-11,13,24H,3-4,7,12,14H2,1-2H3. The second-order valence-electron chi connectivity index (χ2n) is 7.11. The molecule has 2 aliphatic heterocycles. The molecule has 2 heterocycles. The number of ether oxygens (including phenoxy) is 3. The Kier molecular flexibility index (Phi) is 5.61. The Hall–Kier alpha value is -3.48. The molecule has 0 aromatic heterocycles. The molecule has 2 amide bonds. The number of hydrogen-bond donors (Lipinski definition) is 1. The third kappa shape index (κ3) is 3.58. The van der Waals surface area contributed by atoms with Crippen molar-refractivity contribution in [1.29, 1.82) is 0 Å². The molecule has 2 aliphatic rings. The number of imide groups is 1. The lowest BCUT2D eigenvalue weighted by atomic mass is 10.0. The molecular weight excluding hydrogens is 384 g/mol. The molecule has 0 radical (unpaired) electrons. The number of rotatable bonds is 8. The van der Waals surface area contributed by atoms with Crippen LogP contribution in [0.4, 0.5) is 5.69 Å². The van der Waals surface area contributed by atoms with Gasteiger partial charge in [-0.05, 0) is 24.6 Å². The zero-order chi connectivity index (χ0) is 21.1. The lowest BCUT2D eigenvalue weighted by Gasteiger charge is -2.15. The molecule has 0 spiro atoms. The largest absolute Gasteiger partial charge is 0.496 e. The molecule has 7 heteroatoms. The van der Waals surface area contributed by atoms with Gasteiger partial charge in [0.1, 0.15) is 11.4 Å². The van der Waals surface area contributed by atoms with Crippen LogP contribution in [0.25, 0.3) is 5.57 Å². The number of hydrogen-bond acceptors (Lipinski definition) is 6. The van der Waals surface area contributed by atoms with E-state index in [9.17, 15) is 9.59 Å². The number of fused-ring (bicyclic) bond motifs is 1. The van der Waals surface area contributed by atoms with Crippen LogP contribution in [0.5, 0.6) is 17.2 Å². The van der Waals surface area contributed by atoms with E-state index in [1.807, 2.05) is 12.1 Å². The predicted octanol–water partition coefficient (Wildman–Crippen LogP) is 3.81. The molecule has 1 N–H and O–H groups in total. The fourth-order valence-corrected chi connectivity index (χ4v) is 3.63. The minimum atomic E-state index is -0.338. The SMILES string of the molecule is CCCCCN1C(=O)C(Nc2ccc3c(c2)OCO3)=C(c2ccccc2OC)C1=O. The van der Waals surface area contributed by atoms with Gasteiger partial charge in [-0.1, -0.05) is 38.0 Å². The number of nitrogens with one attached hydrogen (secondary N) is 1. The summed E-state index contributed by atoms with van der Waals surface area (Å²) in [5.74, 6) is 1.12. The number of anilines is 1.